The predicted molar refractivity (Wildman–Crippen MR) is 152 cm³/mol. The van der Waals surface area contributed by atoms with Crippen molar-refractivity contribution in [3.63, 3.8) is 0 Å². The summed E-state index contributed by atoms with van der Waals surface area (Å²) in [6, 6.07) is 9.82. The van der Waals surface area contributed by atoms with Gasteiger partial charge in [-0.25, -0.2) is 18.4 Å². The zero-order valence-electron chi connectivity index (χ0n) is 22.2. The van der Waals surface area contributed by atoms with Crippen molar-refractivity contribution in [3.05, 3.63) is 42.0 Å². The molecule has 12 nitrogen and oxygen atoms in total. The van der Waals surface area contributed by atoms with Gasteiger partial charge in [-0.15, -0.1) is 0 Å². The highest BCUT2D eigenvalue weighted by molar-refractivity contribution is 7.92. The molecule has 4 heterocycles. The Kier molecular flexibility index (Phi) is 9.22. The van der Waals surface area contributed by atoms with Crippen LogP contribution in [0.25, 0.3) is 10.3 Å². The van der Waals surface area contributed by atoms with E-state index in [4.69, 9.17) is 14.2 Å². The molecule has 0 radical (unpaired) electrons. The van der Waals surface area contributed by atoms with Crippen molar-refractivity contribution >= 4 is 48.3 Å². The van der Waals surface area contributed by atoms with Gasteiger partial charge < -0.3 is 19.5 Å². The van der Waals surface area contributed by atoms with Crippen LogP contribution in [0.15, 0.2) is 46.4 Å². The van der Waals surface area contributed by atoms with E-state index in [-0.39, 0.29) is 17.2 Å². The maximum absolute atomic E-state index is 13.5. The van der Waals surface area contributed by atoms with Crippen LogP contribution < -0.4 is 15.4 Å². The van der Waals surface area contributed by atoms with Gasteiger partial charge in [0.05, 0.1) is 49.7 Å². The Morgan fingerprint density at radius 2 is 1.93 bits per heavy atom. The number of pyridine rings is 1. The molecule has 214 valence electrons. The molecule has 0 bridgehead atoms. The first-order chi connectivity index (χ1) is 19.4. The zero-order chi connectivity index (χ0) is 28.0. The smallest absolute Gasteiger partial charge is 0.278 e. The topological polar surface area (TPSA) is 144 Å². The fourth-order valence-electron chi connectivity index (χ4n) is 4.30. The van der Waals surface area contributed by atoms with Gasteiger partial charge in [-0.2, -0.15) is 5.10 Å². The number of carbonyl (C=O) groups is 1. The number of anilines is 1. The van der Waals surface area contributed by atoms with E-state index in [9.17, 15) is 13.2 Å². The third kappa shape index (κ3) is 6.75. The number of ether oxygens (including phenoxy) is 3. The first-order valence-electron chi connectivity index (χ1n) is 13.1. The van der Waals surface area contributed by atoms with E-state index in [0.717, 1.165) is 13.0 Å². The Balaban J connectivity index is 1.36. The third-order valence-electron chi connectivity index (χ3n) is 6.50. The summed E-state index contributed by atoms with van der Waals surface area (Å²) in [5.41, 5.74) is 1.28. The maximum Gasteiger partial charge on any atom is 0.278 e. The molecule has 1 amide bonds. The number of aromatic nitrogens is 2. The molecule has 5 rings (SSSR count). The van der Waals surface area contributed by atoms with Crippen molar-refractivity contribution in [2.24, 2.45) is 5.10 Å². The van der Waals surface area contributed by atoms with E-state index >= 15 is 0 Å². The minimum absolute atomic E-state index is 0.149. The van der Waals surface area contributed by atoms with Gasteiger partial charge in [0.2, 0.25) is 5.88 Å². The molecule has 2 N–H and O–H groups in total. The van der Waals surface area contributed by atoms with Crippen molar-refractivity contribution in [2.75, 3.05) is 65.0 Å². The van der Waals surface area contributed by atoms with Gasteiger partial charge in [0, 0.05) is 18.2 Å². The molecule has 2 aliphatic rings. The minimum Gasteiger partial charge on any atom is -0.478 e. The molecule has 2 aliphatic heterocycles. The number of hydrogen-bond donors (Lipinski definition) is 2. The number of fused-ring (bicyclic) bond motifs is 1. The second kappa shape index (κ2) is 13.0. The number of thiazole rings is 1. The molecule has 0 spiro atoms. The zero-order valence-corrected chi connectivity index (χ0v) is 23.8. The number of benzene rings is 1. The average Bonchev–Trinajstić information content (AvgIpc) is 3.65. The summed E-state index contributed by atoms with van der Waals surface area (Å²) in [4.78, 5) is 23.3. The lowest BCUT2D eigenvalue weighted by Gasteiger charge is -2.25. The van der Waals surface area contributed by atoms with Gasteiger partial charge in [-0.1, -0.05) is 23.5 Å². The number of nitrogens with zero attached hydrogens (tertiary/aromatic N) is 4. The van der Waals surface area contributed by atoms with E-state index in [2.05, 4.69) is 25.7 Å². The van der Waals surface area contributed by atoms with Crippen LogP contribution in [0, 0.1) is 0 Å². The van der Waals surface area contributed by atoms with Crippen LogP contribution in [-0.2, 0) is 24.1 Å². The summed E-state index contributed by atoms with van der Waals surface area (Å²) in [6.07, 6.45) is 1.32. The summed E-state index contributed by atoms with van der Waals surface area (Å²) in [7, 11) is -1.64. The number of morpholine rings is 1. The van der Waals surface area contributed by atoms with Crippen LogP contribution in [-0.4, -0.2) is 100.0 Å². The van der Waals surface area contributed by atoms with Gasteiger partial charge in [0.15, 0.2) is 20.7 Å². The van der Waals surface area contributed by atoms with Gasteiger partial charge in [0.1, 0.15) is 10.3 Å². The Labute approximate surface area is 236 Å². The minimum atomic E-state index is -3.53. The maximum atomic E-state index is 13.5. The molecule has 1 aromatic carbocycles. The molecule has 2 saturated heterocycles. The highest BCUT2D eigenvalue weighted by Crippen LogP contribution is 2.27. The van der Waals surface area contributed by atoms with Gasteiger partial charge in [-0.05, 0) is 44.6 Å². The van der Waals surface area contributed by atoms with Crippen molar-refractivity contribution in [1.82, 2.24) is 20.3 Å². The lowest BCUT2D eigenvalue weighted by molar-refractivity contribution is -0.110. The van der Waals surface area contributed by atoms with E-state index in [1.807, 2.05) is 7.05 Å². The SMILES string of the molecule is CNCCCOc1ccc2nc(NC(=O)C(=NN3CCOCC3)c3ccc(S(=O)(=O)[C@H]4CCOC4)cc3)sc2n1. The summed E-state index contributed by atoms with van der Waals surface area (Å²) < 4.78 is 42.3. The summed E-state index contributed by atoms with van der Waals surface area (Å²) >= 11 is 1.24. The fourth-order valence-corrected chi connectivity index (χ4v) is 6.70. The number of sulfone groups is 1. The number of amides is 1. The highest BCUT2D eigenvalue weighted by atomic mass is 32.2. The van der Waals surface area contributed by atoms with Crippen LogP contribution in [0.5, 0.6) is 5.88 Å². The number of hydrazone groups is 1. The molecule has 0 aliphatic carbocycles. The summed E-state index contributed by atoms with van der Waals surface area (Å²) in [6.45, 7) is 4.09. The molecule has 2 fully saturated rings. The van der Waals surface area contributed by atoms with Gasteiger partial charge in [0.25, 0.3) is 5.91 Å². The van der Waals surface area contributed by atoms with E-state index in [1.54, 1.807) is 29.3 Å². The van der Waals surface area contributed by atoms with Crippen molar-refractivity contribution in [2.45, 2.75) is 23.0 Å². The summed E-state index contributed by atoms with van der Waals surface area (Å²) in [5.74, 6) is 0.0350. The Morgan fingerprint density at radius 1 is 1.12 bits per heavy atom. The van der Waals surface area contributed by atoms with Crippen molar-refractivity contribution in [1.29, 1.82) is 0 Å². The average molecular weight is 589 g/mol. The molecule has 0 unspecified atom stereocenters. The van der Waals surface area contributed by atoms with Crippen LogP contribution >= 0.6 is 11.3 Å². The van der Waals surface area contributed by atoms with Gasteiger partial charge in [-0.3, -0.25) is 15.1 Å². The Morgan fingerprint density at radius 3 is 2.65 bits per heavy atom. The van der Waals surface area contributed by atoms with Crippen LogP contribution in [0.1, 0.15) is 18.4 Å². The molecule has 1 atom stereocenters. The monoisotopic (exact) mass is 588 g/mol. The Hall–Kier alpha value is -3.17. The Bertz CT molecular complexity index is 1450. The second-order valence-electron chi connectivity index (χ2n) is 9.32. The molecular weight excluding hydrogens is 556 g/mol. The number of rotatable bonds is 11. The third-order valence-corrected chi connectivity index (χ3v) is 9.56. The molecule has 3 aromatic rings. The molecular formula is C26H32N6O6S2. The quantitative estimate of drug-likeness (QED) is 0.252. The highest BCUT2D eigenvalue weighted by Gasteiger charge is 2.31. The molecule has 40 heavy (non-hydrogen) atoms. The largest absolute Gasteiger partial charge is 0.478 e. The van der Waals surface area contributed by atoms with E-state index in [1.165, 1.54) is 23.5 Å². The standard InChI is InChI=1S/C26H32N6O6S2/c1-27-10-2-13-38-22-8-7-21-25(29-22)39-26(28-21)30-24(33)23(31-32-11-15-36-16-12-32)18-3-5-19(6-4-18)40(34,35)20-9-14-37-17-20/h3-8,20,27H,2,9-17H2,1H3,(H,28,30,33)/t20-/m0/s1. The number of carbonyl (C=O) groups excluding carboxylic acids is 1. The second-order valence-corrected chi connectivity index (χ2v) is 12.5. The molecule has 14 heteroatoms. The van der Waals surface area contributed by atoms with Gasteiger partial charge >= 0.3 is 0 Å². The first kappa shape index (κ1) is 28.4. The first-order valence-corrected chi connectivity index (χ1v) is 15.5. The molecule has 2 aromatic heterocycles. The normalized spacial score (nSPS) is 18.3. The molecule has 0 saturated carbocycles. The predicted octanol–water partition coefficient (Wildman–Crippen LogP) is 1.92. The van der Waals surface area contributed by atoms with Crippen LogP contribution in [0.2, 0.25) is 0 Å². The lowest BCUT2D eigenvalue weighted by Crippen LogP contribution is -2.35. The fraction of sp³-hybridized carbons (Fsp3) is 0.462. The van der Waals surface area contributed by atoms with Crippen LogP contribution in [0.4, 0.5) is 5.13 Å². The van der Waals surface area contributed by atoms with E-state index < -0.39 is 21.0 Å². The lowest BCUT2D eigenvalue weighted by atomic mass is 10.1. The van der Waals surface area contributed by atoms with Crippen molar-refractivity contribution < 1.29 is 27.4 Å². The number of hydrogen-bond acceptors (Lipinski definition) is 12. The van der Waals surface area contributed by atoms with Crippen molar-refractivity contribution in [3.8, 4) is 5.88 Å². The van der Waals surface area contributed by atoms with E-state index in [0.29, 0.717) is 72.9 Å². The number of nitrogens with one attached hydrogen (secondary N) is 2. The van der Waals surface area contributed by atoms with Crippen LogP contribution in [0.3, 0.4) is 0 Å². The summed E-state index contributed by atoms with van der Waals surface area (Å²) in [5, 5.41) is 12.1.